The molecule has 0 aliphatic rings. The number of benzene rings is 2. The van der Waals surface area contributed by atoms with Gasteiger partial charge in [-0.1, -0.05) is 29.8 Å². The topological polar surface area (TPSA) is 73.1 Å². The SMILES string of the molecule is CCn1c(=O)n(CC)c2cc(S(=O)(=O)NCc3ccccc3Cl)ccc21. The molecule has 0 bridgehead atoms. The molecule has 6 nitrogen and oxygen atoms in total. The van der Waals surface area contributed by atoms with Crippen molar-refractivity contribution in [3.8, 4) is 0 Å². The zero-order valence-corrected chi connectivity index (χ0v) is 16.1. The molecule has 8 heteroatoms. The van der Waals surface area contributed by atoms with E-state index >= 15 is 0 Å². The van der Waals surface area contributed by atoms with Crippen molar-refractivity contribution in [3.05, 3.63) is 63.5 Å². The number of aryl methyl sites for hydroxylation is 2. The fraction of sp³-hybridized carbons (Fsp3) is 0.278. The molecule has 1 aromatic heterocycles. The first kappa shape index (κ1) is 18.7. The van der Waals surface area contributed by atoms with Gasteiger partial charge in [0.15, 0.2) is 0 Å². The van der Waals surface area contributed by atoms with Crippen LogP contribution in [0, 0.1) is 0 Å². The summed E-state index contributed by atoms with van der Waals surface area (Å²) in [6.45, 7) is 4.84. The summed E-state index contributed by atoms with van der Waals surface area (Å²) >= 11 is 6.08. The van der Waals surface area contributed by atoms with Crippen LogP contribution < -0.4 is 10.4 Å². The molecule has 1 N–H and O–H groups in total. The summed E-state index contributed by atoms with van der Waals surface area (Å²) in [4.78, 5) is 12.5. The average Bonchev–Trinajstić information content (AvgIpc) is 2.90. The van der Waals surface area contributed by atoms with E-state index in [9.17, 15) is 13.2 Å². The van der Waals surface area contributed by atoms with Crippen LogP contribution in [-0.2, 0) is 29.7 Å². The van der Waals surface area contributed by atoms with E-state index in [2.05, 4.69) is 4.72 Å². The molecule has 0 radical (unpaired) electrons. The number of rotatable bonds is 6. The van der Waals surface area contributed by atoms with Crippen molar-refractivity contribution in [1.82, 2.24) is 13.9 Å². The van der Waals surface area contributed by atoms with Gasteiger partial charge in [-0.25, -0.2) is 17.9 Å². The van der Waals surface area contributed by atoms with Gasteiger partial charge in [0.2, 0.25) is 10.0 Å². The first-order valence-corrected chi connectivity index (χ1v) is 10.2. The third-order valence-electron chi connectivity index (χ3n) is 4.34. The van der Waals surface area contributed by atoms with Crippen LogP contribution in [0.3, 0.4) is 0 Å². The minimum absolute atomic E-state index is 0.0938. The zero-order chi connectivity index (χ0) is 18.9. The Hall–Kier alpha value is -2.09. The standard InChI is InChI=1S/C18H20ClN3O3S/c1-3-21-16-10-9-14(11-17(16)22(4-2)18(21)23)26(24,25)20-12-13-7-5-6-8-15(13)19/h5-11,20H,3-4,12H2,1-2H3. The second kappa shape index (κ2) is 7.26. The highest BCUT2D eigenvalue weighted by Crippen LogP contribution is 2.20. The number of halogens is 1. The Morgan fingerprint density at radius 2 is 1.65 bits per heavy atom. The lowest BCUT2D eigenvalue weighted by Gasteiger charge is -2.09. The molecular formula is C18H20ClN3O3S. The van der Waals surface area contributed by atoms with Crippen LogP contribution in [-0.4, -0.2) is 17.6 Å². The van der Waals surface area contributed by atoms with E-state index in [1.54, 1.807) is 45.5 Å². The van der Waals surface area contributed by atoms with E-state index in [0.29, 0.717) is 29.2 Å². The minimum Gasteiger partial charge on any atom is -0.292 e. The van der Waals surface area contributed by atoms with Crippen LogP contribution in [0.15, 0.2) is 52.2 Å². The lowest BCUT2D eigenvalue weighted by molar-refractivity contribution is 0.581. The second-order valence-corrected chi connectivity index (χ2v) is 8.01. The normalized spacial score (nSPS) is 12.0. The average molecular weight is 394 g/mol. The van der Waals surface area contributed by atoms with Crippen LogP contribution in [0.25, 0.3) is 11.0 Å². The van der Waals surface area contributed by atoms with Gasteiger partial charge in [0.05, 0.1) is 15.9 Å². The largest absolute Gasteiger partial charge is 0.329 e. The van der Waals surface area contributed by atoms with Gasteiger partial charge in [-0.15, -0.1) is 0 Å². The highest BCUT2D eigenvalue weighted by Gasteiger charge is 2.18. The quantitative estimate of drug-likeness (QED) is 0.699. The van der Waals surface area contributed by atoms with Crippen molar-refractivity contribution in [2.24, 2.45) is 0 Å². The van der Waals surface area contributed by atoms with E-state index in [1.807, 2.05) is 13.8 Å². The van der Waals surface area contributed by atoms with Crippen molar-refractivity contribution >= 4 is 32.7 Å². The number of imidazole rings is 1. The zero-order valence-electron chi connectivity index (χ0n) is 14.6. The highest BCUT2D eigenvalue weighted by atomic mass is 35.5. The third-order valence-corrected chi connectivity index (χ3v) is 6.11. The predicted octanol–water partition coefficient (Wildman–Crippen LogP) is 2.97. The van der Waals surface area contributed by atoms with Gasteiger partial charge in [-0.05, 0) is 43.7 Å². The number of fused-ring (bicyclic) bond motifs is 1. The van der Waals surface area contributed by atoms with Gasteiger partial charge in [-0.2, -0.15) is 0 Å². The molecule has 1 heterocycles. The molecule has 0 spiro atoms. The fourth-order valence-electron chi connectivity index (χ4n) is 2.98. The van der Waals surface area contributed by atoms with E-state index in [0.717, 1.165) is 5.52 Å². The molecule has 3 aromatic rings. The van der Waals surface area contributed by atoms with Crippen LogP contribution in [0.4, 0.5) is 0 Å². The fourth-order valence-corrected chi connectivity index (χ4v) is 4.20. The number of hydrogen-bond acceptors (Lipinski definition) is 3. The van der Waals surface area contributed by atoms with Crippen molar-refractivity contribution in [2.45, 2.75) is 38.4 Å². The van der Waals surface area contributed by atoms with Crippen LogP contribution in [0.5, 0.6) is 0 Å². The summed E-state index contributed by atoms with van der Waals surface area (Å²) in [5, 5.41) is 0.505. The van der Waals surface area contributed by atoms with Gasteiger partial charge in [0, 0.05) is 24.7 Å². The molecule has 26 heavy (non-hydrogen) atoms. The summed E-state index contributed by atoms with van der Waals surface area (Å²) in [5.41, 5.74) is 1.90. The van der Waals surface area contributed by atoms with E-state index in [-0.39, 0.29) is 17.1 Å². The molecule has 0 unspecified atom stereocenters. The van der Waals surface area contributed by atoms with Gasteiger partial charge in [0.1, 0.15) is 0 Å². The molecule has 2 aromatic carbocycles. The molecular weight excluding hydrogens is 374 g/mol. The first-order chi connectivity index (χ1) is 12.4. The Bertz CT molecular complexity index is 1120. The van der Waals surface area contributed by atoms with E-state index in [1.165, 1.54) is 6.07 Å². The van der Waals surface area contributed by atoms with Crippen molar-refractivity contribution in [1.29, 1.82) is 0 Å². The summed E-state index contributed by atoms with van der Waals surface area (Å²) in [6.07, 6.45) is 0. The Labute approximate surface area is 157 Å². The number of sulfonamides is 1. The molecule has 0 aliphatic carbocycles. The van der Waals surface area contributed by atoms with Gasteiger partial charge < -0.3 is 0 Å². The molecule has 0 saturated heterocycles. The maximum absolute atomic E-state index is 12.7. The third kappa shape index (κ3) is 3.30. The van der Waals surface area contributed by atoms with Crippen LogP contribution in [0.2, 0.25) is 5.02 Å². The Balaban J connectivity index is 1.99. The molecule has 0 fully saturated rings. The lowest BCUT2D eigenvalue weighted by atomic mass is 10.2. The molecule has 0 amide bonds. The Morgan fingerprint density at radius 3 is 2.31 bits per heavy atom. The maximum atomic E-state index is 12.7. The number of nitrogens with one attached hydrogen (secondary N) is 1. The molecule has 0 saturated carbocycles. The number of hydrogen-bond donors (Lipinski definition) is 1. The molecule has 0 atom stereocenters. The highest BCUT2D eigenvalue weighted by molar-refractivity contribution is 7.89. The number of aromatic nitrogens is 2. The summed E-state index contributed by atoms with van der Waals surface area (Å²) in [6, 6.07) is 11.8. The summed E-state index contributed by atoms with van der Waals surface area (Å²) in [5.74, 6) is 0. The summed E-state index contributed by atoms with van der Waals surface area (Å²) in [7, 11) is -3.74. The van der Waals surface area contributed by atoms with E-state index < -0.39 is 10.0 Å². The minimum atomic E-state index is -3.74. The number of nitrogens with zero attached hydrogens (tertiary/aromatic N) is 2. The van der Waals surface area contributed by atoms with E-state index in [4.69, 9.17) is 11.6 Å². The van der Waals surface area contributed by atoms with Crippen molar-refractivity contribution < 1.29 is 8.42 Å². The van der Waals surface area contributed by atoms with Crippen molar-refractivity contribution in [2.75, 3.05) is 0 Å². The molecule has 0 aliphatic heterocycles. The van der Waals surface area contributed by atoms with Crippen LogP contribution >= 0.6 is 11.6 Å². The predicted molar refractivity (Wildman–Crippen MR) is 103 cm³/mol. The van der Waals surface area contributed by atoms with Gasteiger partial charge >= 0.3 is 5.69 Å². The molecule has 138 valence electrons. The van der Waals surface area contributed by atoms with Gasteiger partial charge in [-0.3, -0.25) is 9.13 Å². The van der Waals surface area contributed by atoms with Crippen molar-refractivity contribution in [3.63, 3.8) is 0 Å². The first-order valence-electron chi connectivity index (χ1n) is 8.35. The monoisotopic (exact) mass is 393 g/mol. The molecule has 3 rings (SSSR count). The second-order valence-electron chi connectivity index (χ2n) is 5.84. The maximum Gasteiger partial charge on any atom is 0.329 e. The summed E-state index contributed by atoms with van der Waals surface area (Å²) < 4.78 is 31.1. The Kier molecular flexibility index (Phi) is 5.22. The lowest BCUT2D eigenvalue weighted by Crippen LogP contribution is -2.23. The van der Waals surface area contributed by atoms with Crippen LogP contribution in [0.1, 0.15) is 19.4 Å². The van der Waals surface area contributed by atoms with Gasteiger partial charge in [0.25, 0.3) is 0 Å². The smallest absolute Gasteiger partial charge is 0.292 e. The Morgan fingerprint density at radius 1 is 1.00 bits per heavy atom.